The van der Waals surface area contributed by atoms with Crippen molar-refractivity contribution in [2.45, 2.75) is 0 Å². The molecule has 0 aromatic heterocycles. The van der Waals surface area contributed by atoms with E-state index in [4.69, 9.17) is 20.6 Å². The van der Waals surface area contributed by atoms with Crippen LogP contribution in [0.2, 0.25) is 0 Å². The Hall–Kier alpha value is -2.44. The standard InChI is InChI=1S/C10H12N4O3/c1-16-9-6(11)5-3-13-4-14(15)8(5)7(12)10(9)17-2/h3-4,11,15H,12H2,1-2H3. The second-order valence-electron chi connectivity index (χ2n) is 3.36. The molecule has 4 N–H and O–H groups in total. The zero-order valence-electron chi connectivity index (χ0n) is 9.39. The Labute approximate surface area is 96.8 Å². The van der Waals surface area contributed by atoms with Crippen molar-refractivity contribution in [1.82, 2.24) is 9.71 Å². The summed E-state index contributed by atoms with van der Waals surface area (Å²) < 4.78 is 10.9. The molecule has 17 heavy (non-hydrogen) atoms. The molecule has 2 aliphatic rings. The quantitative estimate of drug-likeness (QED) is 0.513. The van der Waals surface area contributed by atoms with Crippen LogP contribution in [0.4, 0.5) is 5.69 Å². The maximum absolute atomic E-state index is 9.65. The Bertz CT molecular complexity index is 593. The summed E-state index contributed by atoms with van der Waals surface area (Å²) in [6.45, 7) is 0. The van der Waals surface area contributed by atoms with E-state index in [9.17, 15) is 5.21 Å². The van der Waals surface area contributed by atoms with Gasteiger partial charge in [-0.1, -0.05) is 0 Å². The van der Waals surface area contributed by atoms with Crippen LogP contribution in [0.3, 0.4) is 0 Å². The van der Waals surface area contributed by atoms with Crippen LogP contribution in [0.5, 0.6) is 11.5 Å². The summed E-state index contributed by atoms with van der Waals surface area (Å²) in [5.41, 5.74) is 6.72. The summed E-state index contributed by atoms with van der Waals surface area (Å²) in [6, 6.07) is 0. The van der Waals surface area contributed by atoms with Gasteiger partial charge in [0, 0.05) is 6.20 Å². The van der Waals surface area contributed by atoms with Gasteiger partial charge in [-0.3, -0.25) is 5.41 Å². The average Bonchev–Trinajstić information content (AvgIpc) is 2.33. The SMILES string of the molecule is COc1c(N)c2n(O)cncc-2c(=N)c1OC. The van der Waals surface area contributed by atoms with Crippen LogP contribution in [-0.4, -0.2) is 29.1 Å². The maximum Gasteiger partial charge on any atom is 0.188 e. The van der Waals surface area contributed by atoms with Crippen molar-refractivity contribution in [3.63, 3.8) is 0 Å². The molecular weight excluding hydrogens is 224 g/mol. The lowest BCUT2D eigenvalue weighted by molar-refractivity contribution is 0.185. The number of fused-ring (bicyclic) bond motifs is 1. The van der Waals surface area contributed by atoms with E-state index >= 15 is 0 Å². The number of aromatic nitrogens is 2. The van der Waals surface area contributed by atoms with Crippen LogP contribution in [-0.2, 0) is 0 Å². The van der Waals surface area contributed by atoms with Gasteiger partial charge in [0.1, 0.15) is 23.1 Å². The van der Waals surface area contributed by atoms with Gasteiger partial charge in [-0.2, -0.15) is 4.73 Å². The van der Waals surface area contributed by atoms with Crippen LogP contribution in [0.25, 0.3) is 11.3 Å². The van der Waals surface area contributed by atoms with Crippen molar-refractivity contribution in [2.75, 3.05) is 20.0 Å². The number of rotatable bonds is 2. The molecule has 1 heterocycles. The van der Waals surface area contributed by atoms with Gasteiger partial charge in [0.25, 0.3) is 0 Å². The summed E-state index contributed by atoms with van der Waals surface area (Å²) in [5.74, 6) is 0.435. The number of hydrogen-bond acceptors (Lipinski definition) is 6. The van der Waals surface area contributed by atoms with Gasteiger partial charge in [0.2, 0.25) is 0 Å². The lowest BCUT2D eigenvalue weighted by Crippen LogP contribution is -2.17. The van der Waals surface area contributed by atoms with Gasteiger partial charge in [-0.25, -0.2) is 4.98 Å². The molecule has 0 radical (unpaired) electrons. The van der Waals surface area contributed by atoms with E-state index in [0.717, 1.165) is 4.73 Å². The first-order valence-electron chi connectivity index (χ1n) is 4.75. The minimum Gasteiger partial charge on any atom is -0.491 e. The number of anilines is 1. The highest BCUT2D eigenvalue weighted by atomic mass is 16.5. The summed E-state index contributed by atoms with van der Waals surface area (Å²) in [7, 11) is 2.84. The maximum atomic E-state index is 9.65. The van der Waals surface area contributed by atoms with Crippen LogP contribution < -0.4 is 20.6 Å². The molecule has 0 aromatic carbocycles. The Kier molecular flexibility index (Phi) is 2.51. The van der Waals surface area contributed by atoms with Crippen molar-refractivity contribution >= 4 is 5.69 Å². The molecule has 0 spiro atoms. The molecule has 0 saturated heterocycles. The number of nitrogens with zero attached hydrogens (tertiary/aromatic N) is 2. The van der Waals surface area contributed by atoms with Gasteiger partial charge < -0.3 is 20.4 Å². The van der Waals surface area contributed by atoms with E-state index in [2.05, 4.69) is 4.98 Å². The first-order chi connectivity index (χ1) is 8.11. The Morgan fingerprint density at radius 2 is 2.00 bits per heavy atom. The number of nitrogens with two attached hydrogens (primary N) is 1. The molecule has 0 aromatic rings. The molecule has 2 rings (SSSR count). The Balaban J connectivity index is 2.99. The molecule has 0 unspecified atom stereocenters. The number of nitrogen functional groups attached to an aromatic ring is 1. The molecule has 0 saturated carbocycles. The van der Waals surface area contributed by atoms with E-state index in [-0.39, 0.29) is 28.2 Å². The van der Waals surface area contributed by atoms with Gasteiger partial charge in [-0.05, 0) is 0 Å². The first kappa shape index (κ1) is 11.1. The molecule has 0 atom stereocenters. The molecule has 90 valence electrons. The molecule has 1 aliphatic heterocycles. The fraction of sp³-hybridized carbons (Fsp3) is 0.200. The van der Waals surface area contributed by atoms with E-state index in [1.165, 1.54) is 26.7 Å². The molecular formula is C10H12N4O3. The third kappa shape index (κ3) is 1.43. The summed E-state index contributed by atoms with van der Waals surface area (Å²) in [4.78, 5) is 3.79. The smallest absolute Gasteiger partial charge is 0.188 e. The molecule has 7 heteroatoms. The number of methoxy groups -OCH3 is 2. The van der Waals surface area contributed by atoms with Gasteiger partial charge in [0.05, 0.1) is 19.8 Å². The highest BCUT2D eigenvalue weighted by Gasteiger charge is 2.22. The monoisotopic (exact) mass is 236 g/mol. The lowest BCUT2D eigenvalue weighted by Gasteiger charge is -2.17. The zero-order valence-corrected chi connectivity index (χ0v) is 9.39. The van der Waals surface area contributed by atoms with E-state index in [1.54, 1.807) is 0 Å². The summed E-state index contributed by atoms with van der Waals surface area (Å²) >= 11 is 0. The second kappa shape index (κ2) is 3.85. The first-order valence-corrected chi connectivity index (χ1v) is 4.75. The Morgan fingerprint density at radius 3 is 2.59 bits per heavy atom. The largest absolute Gasteiger partial charge is 0.491 e. The van der Waals surface area contributed by atoms with E-state index in [1.807, 2.05) is 0 Å². The second-order valence-corrected chi connectivity index (χ2v) is 3.36. The number of nitrogens with one attached hydrogen (secondary N) is 1. The van der Waals surface area contributed by atoms with Crippen molar-refractivity contribution < 1.29 is 14.7 Å². The highest BCUT2D eigenvalue weighted by Crippen LogP contribution is 2.38. The topological polar surface area (TPSA) is 106 Å². The summed E-state index contributed by atoms with van der Waals surface area (Å²) in [5, 5.41) is 17.7. The van der Waals surface area contributed by atoms with Crippen LogP contribution in [0.15, 0.2) is 12.5 Å². The fourth-order valence-corrected chi connectivity index (χ4v) is 1.73. The Morgan fingerprint density at radius 1 is 1.35 bits per heavy atom. The third-order valence-corrected chi connectivity index (χ3v) is 2.47. The van der Waals surface area contributed by atoms with Crippen LogP contribution in [0, 0.1) is 5.41 Å². The molecule has 0 fully saturated rings. The average molecular weight is 236 g/mol. The molecule has 0 bridgehead atoms. The van der Waals surface area contributed by atoms with Gasteiger partial charge >= 0.3 is 0 Å². The van der Waals surface area contributed by atoms with Gasteiger partial charge in [0.15, 0.2) is 11.5 Å². The predicted octanol–water partition coefficient (Wildman–Crippen LogP) is 0.304. The van der Waals surface area contributed by atoms with Crippen LogP contribution >= 0.6 is 0 Å². The minimum atomic E-state index is 0.0597. The van der Waals surface area contributed by atoms with E-state index < -0.39 is 0 Å². The zero-order chi connectivity index (χ0) is 12.6. The van der Waals surface area contributed by atoms with Gasteiger partial charge in [-0.15, -0.1) is 0 Å². The number of benzene rings is 1. The molecule has 7 nitrogen and oxygen atoms in total. The lowest BCUT2D eigenvalue weighted by atomic mass is 10.1. The normalized spacial score (nSPS) is 10.5. The highest BCUT2D eigenvalue weighted by molar-refractivity contribution is 5.82. The van der Waals surface area contributed by atoms with Crippen molar-refractivity contribution in [3.8, 4) is 22.8 Å². The van der Waals surface area contributed by atoms with Crippen molar-refractivity contribution in [2.24, 2.45) is 0 Å². The number of ether oxygens (including phenoxy) is 2. The third-order valence-electron chi connectivity index (χ3n) is 2.47. The number of hydrogen-bond donors (Lipinski definition) is 3. The molecule has 1 aliphatic carbocycles. The van der Waals surface area contributed by atoms with Crippen molar-refractivity contribution in [1.29, 1.82) is 5.41 Å². The van der Waals surface area contributed by atoms with Crippen molar-refractivity contribution in [3.05, 3.63) is 17.9 Å². The fourth-order valence-electron chi connectivity index (χ4n) is 1.73. The molecule has 0 amide bonds. The van der Waals surface area contributed by atoms with E-state index in [0.29, 0.717) is 5.56 Å². The summed E-state index contributed by atoms with van der Waals surface area (Å²) in [6.07, 6.45) is 2.62. The van der Waals surface area contributed by atoms with Crippen LogP contribution in [0.1, 0.15) is 0 Å². The predicted molar refractivity (Wildman–Crippen MR) is 59.4 cm³/mol. The minimum absolute atomic E-state index is 0.0597.